The fourth-order valence-electron chi connectivity index (χ4n) is 1.65. The Morgan fingerprint density at radius 3 is 2.81 bits per heavy atom. The molecule has 0 aliphatic heterocycles. The second kappa shape index (κ2) is 6.48. The molecule has 2 N–H and O–H groups in total. The second-order valence-electron chi connectivity index (χ2n) is 3.86. The third kappa shape index (κ3) is 4.19. The summed E-state index contributed by atoms with van der Waals surface area (Å²) < 4.78 is 5.59. The quantitative estimate of drug-likeness (QED) is 0.772. The van der Waals surface area contributed by atoms with Gasteiger partial charge in [0.1, 0.15) is 5.75 Å². The van der Waals surface area contributed by atoms with E-state index in [2.05, 4.69) is 19.1 Å². The van der Waals surface area contributed by atoms with Crippen molar-refractivity contribution < 1.29 is 4.74 Å². The van der Waals surface area contributed by atoms with Crippen molar-refractivity contribution in [3.63, 3.8) is 0 Å². The first-order valence-electron chi connectivity index (χ1n) is 5.64. The summed E-state index contributed by atoms with van der Waals surface area (Å²) in [6, 6.07) is 6.28. The summed E-state index contributed by atoms with van der Waals surface area (Å²) in [5.41, 5.74) is 7.99. The molecule has 0 spiro atoms. The van der Waals surface area contributed by atoms with E-state index in [4.69, 9.17) is 22.7 Å². The first-order valence-corrected chi connectivity index (χ1v) is 6.05. The molecule has 0 unspecified atom stereocenters. The van der Waals surface area contributed by atoms with Crippen molar-refractivity contribution in [1.29, 1.82) is 0 Å². The molecule has 3 heteroatoms. The highest BCUT2D eigenvalue weighted by atomic mass is 32.1. The van der Waals surface area contributed by atoms with Gasteiger partial charge in [0.25, 0.3) is 0 Å². The first-order chi connectivity index (χ1) is 7.63. The van der Waals surface area contributed by atoms with E-state index in [9.17, 15) is 0 Å². The third-order valence-electron chi connectivity index (χ3n) is 2.39. The normalized spacial score (nSPS) is 10.1. The molecule has 1 aromatic rings. The molecule has 0 radical (unpaired) electrons. The Morgan fingerprint density at radius 1 is 1.44 bits per heavy atom. The van der Waals surface area contributed by atoms with Crippen LogP contribution < -0.4 is 10.5 Å². The van der Waals surface area contributed by atoms with Crippen LogP contribution in [0, 0.1) is 6.92 Å². The lowest BCUT2D eigenvalue weighted by Crippen LogP contribution is -2.07. The molecule has 0 bridgehead atoms. The summed E-state index contributed by atoms with van der Waals surface area (Å²) in [7, 11) is 0. The molecule has 0 atom stereocenters. The zero-order valence-electron chi connectivity index (χ0n) is 9.95. The highest BCUT2D eigenvalue weighted by Gasteiger charge is 2.03. The Morgan fingerprint density at radius 2 is 2.19 bits per heavy atom. The van der Waals surface area contributed by atoms with Gasteiger partial charge in [-0.1, -0.05) is 29.9 Å². The fourth-order valence-corrected chi connectivity index (χ4v) is 1.80. The van der Waals surface area contributed by atoms with Gasteiger partial charge in [-0.05, 0) is 44.7 Å². The maximum Gasteiger partial charge on any atom is 0.122 e. The minimum Gasteiger partial charge on any atom is -0.494 e. The van der Waals surface area contributed by atoms with Gasteiger partial charge in [-0.2, -0.15) is 0 Å². The Kier molecular flexibility index (Phi) is 5.26. The molecule has 0 fully saturated rings. The minimum atomic E-state index is 0.589. The Balaban J connectivity index is 2.67. The maximum atomic E-state index is 5.59. The highest BCUT2D eigenvalue weighted by Crippen LogP contribution is 2.22. The lowest BCUT2D eigenvalue weighted by Gasteiger charge is -2.10. The van der Waals surface area contributed by atoms with Crippen LogP contribution in [0.4, 0.5) is 0 Å². The van der Waals surface area contributed by atoms with E-state index in [0.29, 0.717) is 11.6 Å². The molecule has 1 aromatic carbocycles. The number of aryl methyl sites for hydroxylation is 2. The highest BCUT2D eigenvalue weighted by molar-refractivity contribution is 7.80. The molecule has 0 amide bonds. The van der Waals surface area contributed by atoms with Crippen molar-refractivity contribution >= 4 is 17.2 Å². The van der Waals surface area contributed by atoms with Gasteiger partial charge in [-0.25, -0.2) is 0 Å². The van der Waals surface area contributed by atoms with Gasteiger partial charge in [0.15, 0.2) is 0 Å². The maximum absolute atomic E-state index is 5.59. The fraction of sp³-hybridized carbons (Fsp3) is 0.462. The molecular weight excluding hydrogens is 218 g/mol. The van der Waals surface area contributed by atoms with Crippen LogP contribution in [0.3, 0.4) is 0 Å². The Hall–Kier alpha value is -1.09. The summed E-state index contributed by atoms with van der Waals surface area (Å²) in [5, 5.41) is 0. The van der Waals surface area contributed by atoms with E-state index < -0.39 is 0 Å². The van der Waals surface area contributed by atoms with Crippen molar-refractivity contribution in [3.8, 4) is 5.75 Å². The van der Waals surface area contributed by atoms with Gasteiger partial charge >= 0.3 is 0 Å². The number of ether oxygens (including phenoxy) is 1. The van der Waals surface area contributed by atoms with Gasteiger partial charge in [0, 0.05) is 0 Å². The summed E-state index contributed by atoms with van der Waals surface area (Å²) in [5.74, 6) is 0.982. The average molecular weight is 237 g/mol. The summed E-state index contributed by atoms with van der Waals surface area (Å²) in [6.07, 6.45) is 2.75. The monoisotopic (exact) mass is 237 g/mol. The molecule has 88 valence electrons. The SMILES string of the molecule is CCOc1ccc(C)cc1CCCC(N)=S. The number of hydrogen-bond acceptors (Lipinski definition) is 2. The first kappa shape index (κ1) is 13.0. The summed E-state index contributed by atoms with van der Waals surface area (Å²) >= 11 is 4.87. The standard InChI is InChI=1S/C13H19NOS/c1-3-15-12-8-7-10(2)9-11(12)5-4-6-13(14)16/h7-9H,3-6H2,1-2H3,(H2,14,16). The second-order valence-corrected chi connectivity index (χ2v) is 4.39. The van der Waals surface area contributed by atoms with Crippen molar-refractivity contribution in [1.82, 2.24) is 0 Å². The molecule has 16 heavy (non-hydrogen) atoms. The predicted octanol–water partition coefficient (Wildman–Crippen LogP) is 3.00. The van der Waals surface area contributed by atoms with Crippen LogP contribution in [0.5, 0.6) is 5.75 Å². The Bertz CT molecular complexity index is 363. The number of rotatable bonds is 6. The lowest BCUT2D eigenvalue weighted by molar-refractivity contribution is 0.336. The van der Waals surface area contributed by atoms with Gasteiger partial charge in [-0.3, -0.25) is 0 Å². The molecule has 0 saturated carbocycles. The third-order valence-corrected chi connectivity index (χ3v) is 2.59. The Labute approximate surface area is 103 Å². The average Bonchev–Trinajstić information content (AvgIpc) is 2.21. The van der Waals surface area contributed by atoms with E-state index in [-0.39, 0.29) is 0 Å². The smallest absolute Gasteiger partial charge is 0.122 e. The van der Waals surface area contributed by atoms with Crippen molar-refractivity contribution in [2.24, 2.45) is 5.73 Å². The molecule has 0 saturated heterocycles. The van der Waals surface area contributed by atoms with E-state index >= 15 is 0 Å². The predicted molar refractivity (Wildman–Crippen MR) is 72.1 cm³/mol. The number of hydrogen-bond donors (Lipinski definition) is 1. The van der Waals surface area contributed by atoms with Crippen LogP contribution in [0.2, 0.25) is 0 Å². The largest absolute Gasteiger partial charge is 0.494 e. The van der Waals surface area contributed by atoms with E-state index in [0.717, 1.165) is 25.0 Å². The zero-order chi connectivity index (χ0) is 12.0. The zero-order valence-corrected chi connectivity index (χ0v) is 10.8. The van der Waals surface area contributed by atoms with Gasteiger partial charge in [-0.15, -0.1) is 0 Å². The van der Waals surface area contributed by atoms with E-state index in [1.165, 1.54) is 11.1 Å². The van der Waals surface area contributed by atoms with Crippen LogP contribution in [-0.2, 0) is 6.42 Å². The van der Waals surface area contributed by atoms with Crippen LogP contribution in [0.25, 0.3) is 0 Å². The van der Waals surface area contributed by atoms with Crippen LogP contribution in [0.1, 0.15) is 30.9 Å². The summed E-state index contributed by atoms with van der Waals surface area (Å²) in [4.78, 5) is 0.589. The molecule has 0 heterocycles. The topological polar surface area (TPSA) is 35.2 Å². The molecule has 0 aliphatic rings. The number of nitrogens with two attached hydrogens (primary N) is 1. The van der Waals surface area contributed by atoms with Gasteiger partial charge < -0.3 is 10.5 Å². The van der Waals surface area contributed by atoms with Crippen molar-refractivity contribution in [2.75, 3.05) is 6.61 Å². The van der Waals surface area contributed by atoms with Gasteiger partial charge in [0.2, 0.25) is 0 Å². The van der Waals surface area contributed by atoms with Crippen LogP contribution >= 0.6 is 12.2 Å². The molecule has 1 rings (SSSR count). The van der Waals surface area contributed by atoms with Crippen LogP contribution in [-0.4, -0.2) is 11.6 Å². The molecule has 2 nitrogen and oxygen atoms in total. The van der Waals surface area contributed by atoms with Crippen LogP contribution in [0.15, 0.2) is 18.2 Å². The minimum absolute atomic E-state index is 0.589. The number of thiocarbonyl (C=S) groups is 1. The van der Waals surface area contributed by atoms with Crippen molar-refractivity contribution in [3.05, 3.63) is 29.3 Å². The van der Waals surface area contributed by atoms with E-state index in [1.807, 2.05) is 13.0 Å². The molecule has 0 aliphatic carbocycles. The summed E-state index contributed by atoms with van der Waals surface area (Å²) in [6.45, 7) is 4.79. The number of benzene rings is 1. The van der Waals surface area contributed by atoms with Crippen molar-refractivity contribution in [2.45, 2.75) is 33.1 Å². The van der Waals surface area contributed by atoms with E-state index in [1.54, 1.807) is 0 Å². The molecular formula is C13H19NOS. The molecule has 0 aromatic heterocycles. The van der Waals surface area contributed by atoms with Gasteiger partial charge in [0.05, 0.1) is 11.6 Å². The lowest BCUT2D eigenvalue weighted by atomic mass is 10.0.